The van der Waals surface area contributed by atoms with Gasteiger partial charge in [0.2, 0.25) is 0 Å². The van der Waals surface area contributed by atoms with Gasteiger partial charge in [0, 0.05) is 25.5 Å². The maximum atomic E-state index is 12.5. The van der Waals surface area contributed by atoms with E-state index in [-0.39, 0.29) is 5.91 Å². The van der Waals surface area contributed by atoms with Crippen LogP contribution >= 0.6 is 0 Å². The number of nitrogen functional groups attached to an aromatic ring is 1. The summed E-state index contributed by atoms with van der Waals surface area (Å²) >= 11 is 0. The molecule has 0 unspecified atom stereocenters. The lowest BCUT2D eigenvalue weighted by atomic mass is 10.3. The van der Waals surface area contributed by atoms with Crippen LogP contribution in [-0.4, -0.2) is 22.5 Å². The second kappa shape index (κ2) is 4.42. The van der Waals surface area contributed by atoms with Crippen LogP contribution in [0.5, 0.6) is 0 Å². The zero-order chi connectivity index (χ0) is 13.4. The monoisotopic (exact) mass is 256 g/mol. The van der Waals surface area contributed by atoms with Crippen LogP contribution < -0.4 is 10.6 Å². The van der Waals surface area contributed by atoms with Crippen LogP contribution in [0.4, 0.5) is 11.5 Å². The SMILES string of the molecule is CN(C(=O)c1cc(N)cn1C1CC1)c1ccccn1. The van der Waals surface area contributed by atoms with Crippen LogP contribution in [0.2, 0.25) is 0 Å². The molecular formula is C14H16N4O. The van der Waals surface area contributed by atoms with E-state index < -0.39 is 0 Å². The lowest BCUT2D eigenvalue weighted by Crippen LogP contribution is -2.28. The lowest BCUT2D eigenvalue weighted by Gasteiger charge is -2.17. The Hall–Kier alpha value is -2.30. The van der Waals surface area contributed by atoms with Crippen molar-refractivity contribution in [2.45, 2.75) is 18.9 Å². The van der Waals surface area contributed by atoms with Gasteiger partial charge in [-0.1, -0.05) is 6.07 Å². The summed E-state index contributed by atoms with van der Waals surface area (Å²) in [6.07, 6.45) is 5.74. The van der Waals surface area contributed by atoms with E-state index in [4.69, 9.17) is 5.73 Å². The fraction of sp³-hybridized carbons (Fsp3) is 0.286. The third-order valence-electron chi connectivity index (χ3n) is 3.33. The number of rotatable bonds is 3. The second-order valence-corrected chi connectivity index (χ2v) is 4.85. The van der Waals surface area contributed by atoms with Gasteiger partial charge < -0.3 is 10.3 Å². The van der Waals surface area contributed by atoms with Gasteiger partial charge in [-0.3, -0.25) is 9.69 Å². The average Bonchev–Trinajstić information content (AvgIpc) is 3.21. The number of pyridine rings is 1. The summed E-state index contributed by atoms with van der Waals surface area (Å²) in [7, 11) is 1.73. The zero-order valence-electron chi connectivity index (χ0n) is 10.8. The van der Waals surface area contributed by atoms with Crippen molar-refractivity contribution < 1.29 is 4.79 Å². The topological polar surface area (TPSA) is 64.2 Å². The molecule has 0 radical (unpaired) electrons. The molecule has 1 saturated carbocycles. The van der Waals surface area contributed by atoms with Gasteiger partial charge in [0.25, 0.3) is 5.91 Å². The molecule has 1 fully saturated rings. The van der Waals surface area contributed by atoms with Crippen LogP contribution in [0, 0.1) is 0 Å². The first-order valence-corrected chi connectivity index (χ1v) is 6.33. The molecule has 0 aromatic carbocycles. The Bertz CT molecular complexity index is 601. The highest BCUT2D eigenvalue weighted by molar-refractivity contribution is 6.04. The highest BCUT2D eigenvalue weighted by Gasteiger charge is 2.29. The molecule has 0 saturated heterocycles. The smallest absolute Gasteiger partial charge is 0.275 e. The Balaban J connectivity index is 1.91. The largest absolute Gasteiger partial charge is 0.397 e. The molecule has 2 aromatic heterocycles. The number of nitrogens with zero attached hydrogens (tertiary/aromatic N) is 3. The molecule has 2 N–H and O–H groups in total. The van der Waals surface area contributed by atoms with E-state index in [9.17, 15) is 4.79 Å². The maximum absolute atomic E-state index is 12.5. The molecular weight excluding hydrogens is 240 g/mol. The third-order valence-corrected chi connectivity index (χ3v) is 3.33. The Kier molecular flexibility index (Phi) is 2.74. The summed E-state index contributed by atoms with van der Waals surface area (Å²) in [5.41, 5.74) is 7.08. The van der Waals surface area contributed by atoms with Crippen molar-refractivity contribution in [2.24, 2.45) is 0 Å². The lowest BCUT2D eigenvalue weighted by molar-refractivity contribution is 0.0983. The van der Waals surface area contributed by atoms with Gasteiger partial charge in [-0.15, -0.1) is 0 Å². The van der Waals surface area contributed by atoms with Crippen molar-refractivity contribution >= 4 is 17.4 Å². The van der Waals surface area contributed by atoms with E-state index in [1.54, 1.807) is 24.2 Å². The molecule has 2 aromatic rings. The van der Waals surface area contributed by atoms with E-state index in [1.807, 2.05) is 29.0 Å². The van der Waals surface area contributed by atoms with Crippen LogP contribution in [0.1, 0.15) is 29.4 Å². The van der Waals surface area contributed by atoms with E-state index in [2.05, 4.69) is 4.98 Å². The number of nitrogens with two attached hydrogens (primary N) is 1. The minimum atomic E-state index is -0.0812. The van der Waals surface area contributed by atoms with E-state index in [0.717, 1.165) is 12.8 Å². The number of aromatic nitrogens is 2. The quantitative estimate of drug-likeness (QED) is 0.914. The van der Waals surface area contributed by atoms with Crippen molar-refractivity contribution in [1.29, 1.82) is 0 Å². The van der Waals surface area contributed by atoms with E-state index >= 15 is 0 Å². The third kappa shape index (κ3) is 2.19. The van der Waals surface area contributed by atoms with Gasteiger partial charge in [-0.05, 0) is 31.0 Å². The van der Waals surface area contributed by atoms with Crippen molar-refractivity contribution in [3.05, 3.63) is 42.4 Å². The summed E-state index contributed by atoms with van der Waals surface area (Å²) < 4.78 is 1.98. The van der Waals surface area contributed by atoms with E-state index in [0.29, 0.717) is 23.2 Å². The zero-order valence-corrected chi connectivity index (χ0v) is 10.8. The van der Waals surface area contributed by atoms with Gasteiger partial charge in [-0.2, -0.15) is 0 Å². The Labute approximate surface area is 111 Å². The summed E-state index contributed by atoms with van der Waals surface area (Å²) in [6.45, 7) is 0. The number of carbonyl (C=O) groups is 1. The standard InChI is InChI=1S/C14H16N4O/c1-17(13-4-2-3-7-16-13)14(19)12-8-10(15)9-18(12)11-5-6-11/h2-4,7-9,11H,5-6,15H2,1H3. The highest BCUT2D eigenvalue weighted by Crippen LogP contribution is 2.37. The molecule has 0 spiro atoms. The second-order valence-electron chi connectivity index (χ2n) is 4.85. The molecule has 0 aliphatic heterocycles. The van der Waals surface area contributed by atoms with Crippen molar-refractivity contribution in [3.63, 3.8) is 0 Å². The number of hydrogen-bond acceptors (Lipinski definition) is 3. The molecule has 0 bridgehead atoms. The molecule has 1 aliphatic carbocycles. The van der Waals surface area contributed by atoms with Gasteiger partial charge in [0.15, 0.2) is 0 Å². The van der Waals surface area contributed by atoms with Crippen LogP contribution in [0.15, 0.2) is 36.7 Å². The molecule has 5 heteroatoms. The van der Waals surface area contributed by atoms with Crippen molar-refractivity contribution in [3.8, 4) is 0 Å². The van der Waals surface area contributed by atoms with Crippen LogP contribution in [0.3, 0.4) is 0 Å². The van der Waals surface area contributed by atoms with Crippen molar-refractivity contribution in [2.75, 3.05) is 17.7 Å². The average molecular weight is 256 g/mol. The van der Waals surface area contributed by atoms with Gasteiger partial charge in [-0.25, -0.2) is 4.98 Å². The fourth-order valence-corrected chi connectivity index (χ4v) is 2.15. The normalized spacial score (nSPS) is 14.4. The molecule has 19 heavy (non-hydrogen) atoms. The van der Waals surface area contributed by atoms with Gasteiger partial charge in [0.05, 0.1) is 5.69 Å². The Morgan fingerprint density at radius 3 is 2.89 bits per heavy atom. The molecule has 98 valence electrons. The Morgan fingerprint density at radius 2 is 2.26 bits per heavy atom. The molecule has 5 nitrogen and oxygen atoms in total. The molecule has 0 atom stereocenters. The fourth-order valence-electron chi connectivity index (χ4n) is 2.15. The first-order valence-electron chi connectivity index (χ1n) is 6.33. The summed E-state index contributed by atoms with van der Waals surface area (Å²) in [5, 5.41) is 0. The van der Waals surface area contributed by atoms with Gasteiger partial charge in [0.1, 0.15) is 11.5 Å². The Morgan fingerprint density at radius 1 is 1.47 bits per heavy atom. The minimum absolute atomic E-state index is 0.0812. The van der Waals surface area contributed by atoms with Gasteiger partial charge >= 0.3 is 0 Å². The molecule has 2 heterocycles. The summed E-state index contributed by atoms with van der Waals surface area (Å²) in [5.74, 6) is 0.553. The van der Waals surface area contributed by atoms with Crippen LogP contribution in [-0.2, 0) is 0 Å². The molecule has 1 amide bonds. The first-order chi connectivity index (χ1) is 9.16. The predicted molar refractivity (Wildman–Crippen MR) is 74.1 cm³/mol. The minimum Gasteiger partial charge on any atom is -0.397 e. The van der Waals surface area contributed by atoms with Crippen molar-refractivity contribution in [1.82, 2.24) is 9.55 Å². The molecule has 3 rings (SSSR count). The van der Waals surface area contributed by atoms with Crippen LogP contribution in [0.25, 0.3) is 0 Å². The summed E-state index contributed by atoms with van der Waals surface area (Å²) in [4.78, 5) is 18.3. The highest BCUT2D eigenvalue weighted by atomic mass is 16.2. The first kappa shape index (κ1) is 11.8. The number of carbonyl (C=O) groups excluding carboxylic acids is 1. The maximum Gasteiger partial charge on any atom is 0.275 e. The summed E-state index contributed by atoms with van der Waals surface area (Å²) in [6, 6.07) is 7.66. The molecule has 1 aliphatic rings. The number of hydrogen-bond donors (Lipinski definition) is 1. The number of amides is 1. The van der Waals surface area contributed by atoms with E-state index in [1.165, 1.54) is 0 Å². The number of anilines is 2. The predicted octanol–water partition coefficient (Wildman–Crippen LogP) is 2.08.